The molecule has 0 saturated carbocycles. The van der Waals surface area contributed by atoms with Crippen molar-refractivity contribution in [2.24, 2.45) is 26.3 Å². The second kappa shape index (κ2) is 8.57. The Kier molecular flexibility index (Phi) is 5.73. The van der Waals surface area contributed by atoms with Crippen LogP contribution in [0.1, 0.15) is 11.1 Å². The maximum absolute atomic E-state index is 14.0. The summed E-state index contributed by atoms with van der Waals surface area (Å²) >= 11 is 0. The van der Waals surface area contributed by atoms with Crippen LogP contribution in [0.2, 0.25) is 0 Å². The predicted octanol–water partition coefficient (Wildman–Crippen LogP) is 5.16. The fourth-order valence-electron chi connectivity index (χ4n) is 2.75. The first-order valence-electron chi connectivity index (χ1n) is 8.15. The van der Waals surface area contributed by atoms with Crippen LogP contribution in [0.25, 0.3) is 11.1 Å². The predicted molar refractivity (Wildman–Crippen MR) is 103 cm³/mol. The summed E-state index contributed by atoms with van der Waals surface area (Å²) in [4.78, 5) is 15.1. The number of benzene rings is 3. The Labute approximate surface area is 155 Å². The van der Waals surface area contributed by atoms with E-state index in [0.29, 0.717) is 5.56 Å². The number of para-hydroxylation sites is 1. The molecule has 2 N–H and O–H groups in total. The number of aliphatic imine (C=N–C) groups is 1. The molecule has 134 valence electrons. The highest BCUT2D eigenvalue weighted by Crippen LogP contribution is 2.29. The van der Waals surface area contributed by atoms with E-state index in [9.17, 15) is 9.30 Å². The van der Waals surface area contributed by atoms with Gasteiger partial charge in [-0.15, -0.1) is 5.11 Å². The van der Waals surface area contributed by atoms with Gasteiger partial charge in [0, 0.05) is 5.56 Å². The second-order valence-corrected chi connectivity index (χ2v) is 5.59. The molecule has 0 aromatic heterocycles. The molecule has 0 aliphatic carbocycles. The van der Waals surface area contributed by atoms with Gasteiger partial charge >= 0.3 is 0 Å². The van der Waals surface area contributed by atoms with Crippen LogP contribution >= 0.6 is 0 Å². The third kappa shape index (κ3) is 4.09. The molecule has 0 heterocycles. The molecule has 3 rings (SSSR count). The average molecular weight is 361 g/mol. The number of halogens is 1. The minimum absolute atomic E-state index is 0.0305. The summed E-state index contributed by atoms with van der Waals surface area (Å²) in [5.74, 6) is 4.93. The maximum atomic E-state index is 14.0. The van der Waals surface area contributed by atoms with Gasteiger partial charge < -0.3 is 5.84 Å². The Balaban J connectivity index is 2.20. The molecule has 0 radical (unpaired) electrons. The summed E-state index contributed by atoms with van der Waals surface area (Å²) in [5, 5.41) is 10.2. The van der Waals surface area contributed by atoms with Crippen LogP contribution in [0.3, 0.4) is 0 Å². The van der Waals surface area contributed by atoms with Gasteiger partial charge in [-0.05, 0) is 28.8 Å². The third-order valence-corrected chi connectivity index (χ3v) is 3.94. The zero-order chi connectivity index (χ0) is 19.1. The summed E-state index contributed by atoms with van der Waals surface area (Å²) in [6.45, 7) is 0.0305. The fourth-order valence-corrected chi connectivity index (χ4v) is 2.75. The summed E-state index contributed by atoms with van der Waals surface area (Å²) < 4.78 is 14.0. The standard InChI is InChI=1S/C20H16FN5O/c21-18-11-5-6-12-19(18)24-20(25-26-22)17-10-4-3-9-16(17)15-8-2-1-7-14(15)13-23-27/h1-12H,13H2,(H2,22,24,25). The lowest BCUT2D eigenvalue weighted by molar-refractivity contribution is 0.630. The van der Waals surface area contributed by atoms with Crippen molar-refractivity contribution in [1.29, 1.82) is 0 Å². The lowest BCUT2D eigenvalue weighted by atomic mass is 9.95. The van der Waals surface area contributed by atoms with Crippen molar-refractivity contribution in [1.82, 2.24) is 0 Å². The Morgan fingerprint density at radius 3 is 2.30 bits per heavy atom. The smallest absolute Gasteiger partial charge is 0.184 e. The van der Waals surface area contributed by atoms with Crippen molar-refractivity contribution in [2.75, 3.05) is 0 Å². The van der Waals surface area contributed by atoms with E-state index in [1.165, 1.54) is 12.1 Å². The number of nitrogens with two attached hydrogens (primary N) is 1. The first kappa shape index (κ1) is 18.1. The minimum Gasteiger partial charge on any atom is -0.305 e. The number of amidine groups is 1. The van der Waals surface area contributed by atoms with Crippen molar-refractivity contribution >= 4 is 11.5 Å². The van der Waals surface area contributed by atoms with E-state index in [-0.39, 0.29) is 18.1 Å². The summed E-state index contributed by atoms with van der Waals surface area (Å²) in [5.41, 5.74) is 3.06. The molecule has 3 aromatic carbocycles. The molecule has 27 heavy (non-hydrogen) atoms. The topological polar surface area (TPSA) is 92.5 Å². The van der Waals surface area contributed by atoms with Crippen LogP contribution in [0, 0.1) is 10.7 Å². The summed E-state index contributed by atoms with van der Waals surface area (Å²) in [7, 11) is 0. The van der Waals surface area contributed by atoms with Crippen LogP contribution in [0.5, 0.6) is 0 Å². The van der Waals surface area contributed by atoms with Crippen molar-refractivity contribution in [3.8, 4) is 11.1 Å². The van der Waals surface area contributed by atoms with Crippen LogP contribution < -0.4 is 5.84 Å². The molecule has 0 fully saturated rings. The van der Waals surface area contributed by atoms with Crippen molar-refractivity contribution in [2.45, 2.75) is 6.54 Å². The lowest BCUT2D eigenvalue weighted by Crippen LogP contribution is -2.02. The Hall–Kier alpha value is -3.74. The molecule has 0 atom stereocenters. The molecular weight excluding hydrogens is 345 g/mol. The largest absolute Gasteiger partial charge is 0.305 e. The number of rotatable bonds is 5. The van der Waals surface area contributed by atoms with Crippen molar-refractivity contribution in [3.63, 3.8) is 0 Å². The van der Waals surface area contributed by atoms with E-state index in [1.54, 1.807) is 18.2 Å². The number of nitrogens with zero attached hydrogens (tertiary/aromatic N) is 4. The quantitative estimate of drug-likeness (QED) is 0.170. The molecule has 0 amide bonds. The monoisotopic (exact) mass is 361 g/mol. The van der Waals surface area contributed by atoms with Gasteiger partial charge in [0.05, 0.1) is 0 Å². The van der Waals surface area contributed by atoms with E-state index >= 15 is 0 Å². The second-order valence-electron chi connectivity index (χ2n) is 5.59. The van der Waals surface area contributed by atoms with Crippen LogP contribution in [0.15, 0.2) is 93.3 Å². The highest BCUT2D eigenvalue weighted by Gasteiger charge is 2.14. The van der Waals surface area contributed by atoms with Crippen LogP contribution in [0.4, 0.5) is 10.1 Å². The molecule has 0 spiro atoms. The molecule has 0 saturated heterocycles. The first-order valence-corrected chi connectivity index (χ1v) is 8.15. The van der Waals surface area contributed by atoms with Gasteiger partial charge in [-0.2, -0.15) is 4.91 Å². The zero-order valence-electron chi connectivity index (χ0n) is 14.3. The lowest BCUT2D eigenvalue weighted by Gasteiger charge is -2.12. The summed E-state index contributed by atoms with van der Waals surface area (Å²) in [6.07, 6.45) is 0. The highest BCUT2D eigenvalue weighted by molar-refractivity contribution is 6.06. The van der Waals surface area contributed by atoms with Crippen molar-refractivity contribution in [3.05, 3.63) is 94.6 Å². The number of nitroso groups, excluding NO2 is 1. The molecule has 0 aliphatic heterocycles. The fraction of sp³-hybridized carbons (Fsp3) is 0.0500. The van der Waals surface area contributed by atoms with Crippen LogP contribution in [-0.2, 0) is 6.54 Å². The first-order chi connectivity index (χ1) is 13.2. The van der Waals surface area contributed by atoms with Gasteiger partial charge in [-0.1, -0.05) is 71.1 Å². The SMILES string of the molecule is NN=NC(=Nc1ccccc1F)c1ccccc1-c1ccccc1CN=O. The summed E-state index contributed by atoms with van der Waals surface area (Å²) in [6, 6.07) is 20.8. The van der Waals surface area contributed by atoms with Gasteiger partial charge in [0.15, 0.2) is 5.84 Å². The Morgan fingerprint density at radius 1 is 0.889 bits per heavy atom. The van der Waals surface area contributed by atoms with E-state index in [0.717, 1.165) is 16.7 Å². The highest BCUT2D eigenvalue weighted by atomic mass is 19.1. The van der Waals surface area contributed by atoms with Gasteiger partial charge in [-0.3, -0.25) is 0 Å². The zero-order valence-corrected chi connectivity index (χ0v) is 14.3. The third-order valence-electron chi connectivity index (χ3n) is 3.94. The van der Waals surface area contributed by atoms with Gasteiger partial charge in [0.1, 0.15) is 18.0 Å². The Bertz CT molecular complexity index is 1020. The van der Waals surface area contributed by atoms with Crippen molar-refractivity contribution < 1.29 is 4.39 Å². The molecule has 3 aromatic rings. The number of hydrogen-bond acceptors (Lipinski definition) is 4. The van der Waals surface area contributed by atoms with Gasteiger partial charge in [0.2, 0.25) is 0 Å². The molecule has 0 bridgehead atoms. The minimum atomic E-state index is -0.481. The normalized spacial score (nSPS) is 11.7. The van der Waals surface area contributed by atoms with E-state index in [4.69, 9.17) is 5.84 Å². The maximum Gasteiger partial charge on any atom is 0.184 e. The number of hydrogen-bond donors (Lipinski definition) is 1. The molecular formula is C20H16FN5O. The molecule has 0 unspecified atom stereocenters. The van der Waals surface area contributed by atoms with E-state index in [1.807, 2.05) is 42.5 Å². The van der Waals surface area contributed by atoms with Crippen LogP contribution in [-0.4, -0.2) is 5.84 Å². The van der Waals surface area contributed by atoms with Gasteiger partial charge in [0.25, 0.3) is 0 Å². The Morgan fingerprint density at radius 2 is 1.56 bits per heavy atom. The molecule has 7 heteroatoms. The van der Waals surface area contributed by atoms with Gasteiger partial charge in [-0.25, -0.2) is 9.38 Å². The average Bonchev–Trinajstić information content (AvgIpc) is 2.70. The molecule has 0 aliphatic rings. The van der Waals surface area contributed by atoms with E-state index < -0.39 is 5.82 Å². The van der Waals surface area contributed by atoms with E-state index in [2.05, 4.69) is 20.5 Å². The molecule has 6 nitrogen and oxygen atoms in total.